The van der Waals surface area contributed by atoms with Crippen molar-refractivity contribution in [3.8, 4) is 0 Å². The molecular formula is C17H18N2O3. The van der Waals surface area contributed by atoms with Crippen LogP contribution in [0.5, 0.6) is 0 Å². The van der Waals surface area contributed by atoms with Gasteiger partial charge in [0.05, 0.1) is 12.7 Å². The summed E-state index contributed by atoms with van der Waals surface area (Å²) < 4.78 is 4.63. The van der Waals surface area contributed by atoms with E-state index in [1.165, 1.54) is 7.11 Å². The number of carbonyl (C=O) groups excluding carboxylic acids is 2. The van der Waals surface area contributed by atoms with E-state index in [0.29, 0.717) is 17.7 Å². The molecule has 0 bridgehead atoms. The molecule has 114 valence electrons. The van der Waals surface area contributed by atoms with E-state index in [-0.39, 0.29) is 11.8 Å². The Morgan fingerprint density at radius 2 is 1.95 bits per heavy atom. The Hall–Kier alpha value is -2.69. The van der Waals surface area contributed by atoms with Gasteiger partial charge < -0.3 is 10.1 Å². The van der Waals surface area contributed by atoms with E-state index >= 15 is 0 Å². The van der Waals surface area contributed by atoms with E-state index in [0.717, 1.165) is 5.56 Å². The van der Waals surface area contributed by atoms with Crippen LogP contribution < -0.4 is 5.32 Å². The fourth-order valence-corrected chi connectivity index (χ4v) is 2.08. The second-order valence-corrected chi connectivity index (χ2v) is 5.01. The summed E-state index contributed by atoms with van der Waals surface area (Å²) in [6, 6.07) is 10.4. The fraction of sp³-hybridized carbons (Fsp3) is 0.235. The lowest BCUT2D eigenvalue weighted by Crippen LogP contribution is -2.14. The van der Waals surface area contributed by atoms with Crippen LogP contribution in [0.3, 0.4) is 0 Å². The number of methoxy groups -OCH3 is 1. The summed E-state index contributed by atoms with van der Waals surface area (Å²) in [4.78, 5) is 27.4. The van der Waals surface area contributed by atoms with Crippen molar-refractivity contribution in [3.63, 3.8) is 0 Å². The lowest BCUT2D eigenvalue weighted by molar-refractivity contribution is -0.116. The highest BCUT2D eigenvalue weighted by molar-refractivity contribution is 5.93. The minimum absolute atomic E-state index is 0.0813. The van der Waals surface area contributed by atoms with E-state index in [4.69, 9.17) is 0 Å². The number of ether oxygens (including phenoxy) is 1. The van der Waals surface area contributed by atoms with Crippen LogP contribution in [0.2, 0.25) is 0 Å². The highest BCUT2D eigenvalue weighted by Crippen LogP contribution is 2.19. The van der Waals surface area contributed by atoms with Gasteiger partial charge in [0, 0.05) is 24.5 Å². The van der Waals surface area contributed by atoms with Gasteiger partial charge in [-0.15, -0.1) is 0 Å². The molecule has 1 heterocycles. The van der Waals surface area contributed by atoms with Crippen molar-refractivity contribution < 1.29 is 14.3 Å². The number of carbonyl (C=O) groups is 2. The molecule has 1 N–H and O–H groups in total. The zero-order valence-corrected chi connectivity index (χ0v) is 12.6. The lowest BCUT2D eigenvalue weighted by atomic mass is 9.99. The molecule has 2 aromatic rings. The third kappa shape index (κ3) is 4.15. The van der Waals surface area contributed by atoms with Gasteiger partial charge in [0.2, 0.25) is 5.91 Å². The molecule has 0 spiro atoms. The number of pyridine rings is 1. The van der Waals surface area contributed by atoms with Gasteiger partial charge in [0.25, 0.3) is 0 Å². The molecule has 2 rings (SSSR count). The number of amides is 1. The van der Waals surface area contributed by atoms with Crippen molar-refractivity contribution in [2.24, 2.45) is 0 Å². The molecule has 0 fully saturated rings. The van der Waals surface area contributed by atoms with Crippen molar-refractivity contribution in [2.75, 3.05) is 12.4 Å². The first kappa shape index (κ1) is 15.7. The van der Waals surface area contributed by atoms with Gasteiger partial charge in [-0.25, -0.2) is 4.79 Å². The first-order valence-corrected chi connectivity index (χ1v) is 6.98. The number of hydrogen-bond acceptors (Lipinski definition) is 4. The van der Waals surface area contributed by atoms with Crippen molar-refractivity contribution in [3.05, 3.63) is 59.9 Å². The highest BCUT2D eigenvalue weighted by atomic mass is 16.5. The molecular weight excluding hydrogens is 280 g/mol. The van der Waals surface area contributed by atoms with Crippen LogP contribution in [0.1, 0.15) is 35.2 Å². The van der Waals surface area contributed by atoms with Crippen LogP contribution >= 0.6 is 0 Å². The molecule has 22 heavy (non-hydrogen) atoms. The number of aromatic nitrogens is 1. The Bertz CT molecular complexity index is 639. The number of rotatable bonds is 5. The average Bonchev–Trinajstić information content (AvgIpc) is 2.55. The molecule has 0 radical (unpaired) electrons. The molecule has 5 heteroatoms. The Kier molecular flexibility index (Phi) is 5.25. The Balaban J connectivity index is 1.93. The SMILES string of the molecule is COC(=O)c1ccc(NC(=O)CC(C)c2cccnc2)cc1. The van der Waals surface area contributed by atoms with E-state index in [9.17, 15) is 9.59 Å². The van der Waals surface area contributed by atoms with E-state index in [1.54, 1.807) is 36.7 Å². The summed E-state index contributed by atoms with van der Waals surface area (Å²) in [6.45, 7) is 1.98. The lowest BCUT2D eigenvalue weighted by Gasteiger charge is -2.11. The Labute approximate surface area is 129 Å². The smallest absolute Gasteiger partial charge is 0.337 e. The van der Waals surface area contributed by atoms with Gasteiger partial charge in [-0.1, -0.05) is 13.0 Å². The topological polar surface area (TPSA) is 68.3 Å². The zero-order valence-electron chi connectivity index (χ0n) is 12.6. The summed E-state index contributed by atoms with van der Waals surface area (Å²) in [5.41, 5.74) is 2.12. The van der Waals surface area contributed by atoms with Crippen molar-refractivity contribution in [2.45, 2.75) is 19.3 Å². The third-order valence-corrected chi connectivity index (χ3v) is 3.33. The van der Waals surface area contributed by atoms with Crippen molar-refractivity contribution in [1.29, 1.82) is 0 Å². The molecule has 0 aliphatic carbocycles. The minimum atomic E-state index is -0.400. The number of benzene rings is 1. The van der Waals surface area contributed by atoms with Gasteiger partial charge in [-0.3, -0.25) is 9.78 Å². The second-order valence-electron chi connectivity index (χ2n) is 5.01. The standard InChI is InChI=1S/C17H18N2O3/c1-12(14-4-3-9-18-11-14)10-16(20)19-15-7-5-13(6-8-15)17(21)22-2/h3-9,11-12H,10H2,1-2H3,(H,19,20). The molecule has 0 aliphatic heterocycles. The fourth-order valence-electron chi connectivity index (χ4n) is 2.08. The number of esters is 1. The zero-order chi connectivity index (χ0) is 15.9. The molecule has 1 aromatic heterocycles. The van der Waals surface area contributed by atoms with Crippen LogP contribution in [0.4, 0.5) is 5.69 Å². The molecule has 0 aliphatic rings. The second kappa shape index (κ2) is 7.36. The summed E-state index contributed by atoms with van der Waals surface area (Å²) in [7, 11) is 1.33. The van der Waals surface area contributed by atoms with Crippen molar-refractivity contribution >= 4 is 17.6 Å². The van der Waals surface area contributed by atoms with Crippen molar-refractivity contribution in [1.82, 2.24) is 4.98 Å². The molecule has 1 amide bonds. The predicted molar refractivity (Wildman–Crippen MR) is 83.7 cm³/mol. The van der Waals surface area contributed by atoms with Crippen LogP contribution in [-0.2, 0) is 9.53 Å². The van der Waals surface area contributed by atoms with Gasteiger partial charge in [0.1, 0.15) is 0 Å². The molecule has 0 saturated carbocycles. The van der Waals surface area contributed by atoms with Crippen LogP contribution in [0.25, 0.3) is 0 Å². The Morgan fingerprint density at radius 1 is 1.23 bits per heavy atom. The van der Waals surface area contributed by atoms with Crippen LogP contribution in [0, 0.1) is 0 Å². The highest BCUT2D eigenvalue weighted by Gasteiger charge is 2.12. The molecule has 1 atom stereocenters. The quantitative estimate of drug-likeness (QED) is 0.862. The average molecular weight is 298 g/mol. The molecule has 5 nitrogen and oxygen atoms in total. The van der Waals surface area contributed by atoms with E-state index in [2.05, 4.69) is 15.0 Å². The molecule has 1 unspecified atom stereocenters. The van der Waals surface area contributed by atoms with Gasteiger partial charge in [-0.05, 0) is 41.8 Å². The Morgan fingerprint density at radius 3 is 2.55 bits per heavy atom. The van der Waals surface area contributed by atoms with Gasteiger partial charge >= 0.3 is 5.97 Å². The number of nitrogens with zero attached hydrogens (tertiary/aromatic N) is 1. The maximum Gasteiger partial charge on any atom is 0.337 e. The minimum Gasteiger partial charge on any atom is -0.465 e. The monoisotopic (exact) mass is 298 g/mol. The summed E-state index contributed by atoms with van der Waals surface area (Å²) in [5, 5.41) is 2.82. The third-order valence-electron chi connectivity index (χ3n) is 3.33. The summed E-state index contributed by atoms with van der Waals surface area (Å²) >= 11 is 0. The summed E-state index contributed by atoms with van der Waals surface area (Å²) in [6.07, 6.45) is 3.84. The van der Waals surface area contributed by atoms with Gasteiger partial charge in [-0.2, -0.15) is 0 Å². The van der Waals surface area contributed by atoms with E-state index < -0.39 is 5.97 Å². The van der Waals surface area contributed by atoms with Crippen LogP contribution in [-0.4, -0.2) is 24.0 Å². The maximum absolute atomic E-state index is 12.0. The largest absolute Gasteiger partial charge is 0.465 e. The summed E-state index contributed by atoms with van der Waals surface area (Å²) in [5.74, 6) is -0.395. The maximum atomic E-state index is 12.0. The number of nitrogens with one attached hydrogen (secondary N) is 1. The first-order valence-electron chi connectivity index (χ1n) is 6.98. The number of anilines is 1. The van der Waals surface area contributed by atoms with E-state index in [1.807, 2.05) is 19.1 Å². The normalized spacial score (nSPS) is 11.5. The predicted octanol–water partition coefficient (Wildman–Crippen LogP) is 3.00. The molecule has 0 saturated heterocycles. The molecule has 1 aromatic carbocycles. The van der Waals surface area contributed by atoms with Gasteiger partial charge in [0.15, 0.2) is 0 Å². The number of hydrogen-bond donors (Lipinski definition) is 1. The van der Waals surface area contributed by atoms with Crippen LogP contribution in [0.15, 0.2) is 48.8 Å². The first-order chi connectivity index (χ1) is 10.6.